The third-order valence-corrected chi connectivity index (χ3v) is 4.01. The number of nitrogens with one attached hydrogen (secondary N) is 1. The molecule has 2 rings (SSSR count). The molecule has 2 nitrogen and oxygen atoms in total. The molecular formula is C15H20N2S2. The van der Waals surface area contributed by atoms with Crippen LogP contribution in [0.25, 0.3) is 0 Å². The van der Waals surface area contributed by atoms with E-state index in [1.54, 1.807) is 0 Å². The molecule has 1 N–H and O–H groups in total. The molecule has 0 bridgehead atoms. The quantitative estimate of drug-likeness (QED) is 0.839. The summed E-state index contributed by atoms with van der Waals surface area (Å²) in [5.41, 5.74) is 1.34. The monoisotopic (exact) mass is 292 g/mol. The van der Waals surface area contributed by atoms with E-state index in [-0.39, 0.29) is 0 Å². The third-order valence-electron chi connectivity index (χ3n) is 3.30. The van der Waals surface area contributed by atoms with Crippen LogP contribution < -0.4 is 5.32 Å². The summed E-state index contributed by atoms with van der Waals surface area (Å²) in [6.07, 6.45) is 3.20. The number of hydrogen-bond donors (Lipinski definition) is 1. The van der Waals surface area contributed by atoms with Gasteiger partial charge in [-0.25, -0.2) is 0 Å². The van der Waals surface area contributed by atoms with Gasteiger partial charge in [0.05, 0.1) is 16.5 Å². The number of likely N-dealkylation sites (tertiary alicyclic amines) is 1. The third kappa shape index (κ3) is 4.55. The van der Waals surface area contributed by atoms with Crippen LogP contribution in [0.15, 0.2) is 30.3 Å². The predicted octanol–water partition coefficient (Wildman–Crippen LogP) is 2.96. The lowest BCUT2D eigenvalue weighted by Gasteiger charge is -2.22. The highest BCUT2D eigenvalue weighted by atomic mass is 32.1. The van der Waals surface area contributed by atoms with E-state index in [1.165, 1.54) is 12.0 Å². The maximum absolute atomic E-state index is 5.42. The number of rotatable bonds is 5. The van der Waals surface area contributed by atoms with E-state index in [0.29, 0.717) is 6.04 Å². The molecule has 0 saturated carbocycles. The van der Waals surface area contributed by atoms with Gasteiger partial charge >= 0.3 is 0 Å². The second-order valence-corrected chi connectivity index (χ2v) is 6.04. The Kier molecular flexibility index (Phi) is 5.28. The first-order chi connectivity index (χ1) is 9.15. The van der Waals surface area contributed by atoms with Crippen LogP contribution in [0.5, 0.6) is 0 Å². The van der Waals surface area contributed by atoms with E-state index >= 15 is 0 Å². The zero-order chi connectivity index (χ0) is 13.7. The lowest BCUT2D eigenvalue weighted by atomic mass is 10.1. The van der Waals surface area contributed by atoms with E-state index < -0.39 is 0 Å². The minimum atomic E-state index is 0.353. The van der Waals surface area contributed by atoms with Crippen LogP contribution in [-0.4, -0.2) is 34.0 Å². The van der Waals surface area contributed by atoms with Gasteiger partial charge in [0.25, 0.3) is 0 Å². The molecule has 1 aliphatic rings. The molecule has 0 amide bonds. The molecule has 0 unspecified atom stereocenters. The van der Waals surface area contributed by atoms with Gasteiger partial charge in [-0.2, -0.15) is 0 Å². The fourth-order valence-corrected chi connectivity index (χ4v) is 3.04. The van der Waals surface area contributed by atoms with Gasteiger partial charge in [0.1, 0.15) is 0 Å². The van der Waals surface area contributed by atoms with E-state index in [1.807, 2.05) is 6.07 Å². The smallest absolute Gasteiger partial charge is 0.0952 e. The molecule has 1 fully saturated rings. The highest BCUT2D eigenvalue weighted by molar-refractivity contribution is 7.80. The summed E-state index contributed by atoms with van der Waals surface area (Å²) in [6.45, 7) is 3.99. The van der Waals surface area contributed by atoms with E-state index in [2.05, 4.69) is 41.4 Å². The van der Waals surface area contributed by atoms with Gasteiger partial charge in [-0.1, -0.05) is 54.8 Å². The van der Waals surface area contributed by atoms with Crippen molar-refractivity contribution < 1.29 is 0 Å². The SMILES string of the molecule is C[C@@H](Cc1ccccc1)NC(=S)CN1CCCC1=S. The Bertz CT molecular complexity index is 445. The second-order valence-electron chi connectivity index (χ2n) is 5.08. The number of nitrogens with zero attached hydrogens (tertiary/aromatic N) is 1. The molecule has 19 heavy (non-hydrogen) atoms. The minimum absolute atomic E-state index is 0.353. The van der Waals surface area contributed by atoms with Crippen molar-refractivity contribution in [1.29, 1.82) is 0 Å². The van der Waals surface area contributed by atoms with Gasteiger partial charge in [0.15, 0.2) is 0 Å². The molecule has 0 spiro atoms. The average Bonchev–Trinajstić information content (AvgIpc) is 2.76. The molecule has 1 saturated heterocycles. The maximum atomic E-state index is 5.42. The van der Waals surface area contributed by atoms with E-state index in [0.717, 1.165) is 35.9 Å². The van der Waals surface area contributed by atoms with Crippen molar-refractivity contribution in [2.24, 2.45) is 0 Å². The standard InChI is InChI=1S/C15H20N2S2/c1-12(10-13-6-3-2-4-7-13)16-14(18)11-17-9-5-8-15(17)19/h2-4,6-7,12H,5,8-11H2,1H3,(H,16,18)/t12-/m0/s1. The molecule has 1 aromatic rings. The Morgan fingerprint density at radius 2 is 2.11 bits per heavy atom. The molecule has 4 heteroatoms. The Balaban J connectivity index is 1.77. The Hall–Kier alpha value is -1.000. The van der Waals surface area contributed by atoms with E-state index in [9.17, 15) is 0 Å². The van der Waals surface area contributed by atoms with Crippen LogP contribution in [0, 0.1) is 0 Å². The largest absolute Gasteiger partial charge is 0.375 e. The number of thiocarbonyl (C=S) groups is 2. The van der Waals surface area contributed by atoms with Crippen molar-refractivity contribution in [3.8, 4) is 0 Å². The van der Waals surface area contributed by atoms with Gasteiger partial charge in [-0.15, -0.1) is 0 Å². The van der Waals surface area contributed by atoms with Gasteiger partial charge < -0.3 is 10.2 Å². The predicted molar refractivity (Wildman–Crippen MR) is 88.7 cm³/mol. The van der Waals surface area contributed by atoms with Crippen molar-refractivity contribution >= 4 is 34.4 Å². The van der Waals surface area contributed by atoms with Crippen molar-refractivity contribution in [2.45, 2.75) is 32.2 Å². The zero-order valence-electron chi connectivity index (χ0n) is 11.3. The maximum Gasteiger partial charge on any atom is 0.0952 e. The van der Waals surface area contributed by atoms with Crippen LogP contribution in [0.1, 0.15) is 25.3 Å². The first-order valence-electron chi connectivity index (χ1n) is 6.76. The van der Waals surface area contributed by atoms with Gasteiger partial charge in [-0.3, -0.25) is 0 Å². The van der Waals surface area contributed by atoms with E-state index in [4.69, 9.17) is 24.4 Å². The summed E-state index contributed by atoms with van der Waals surface area (Å²) in [6, 6.07) is 10.8. The lowest BCUT2D eigenvalue weighted by molar-refractivity contribution is 0.513. The van der Waals surface area contributed by atoms with Crippen LogP contribution in [0.3, 0.4) is 0 Å². The van der Waals surface area contributed by atoms with Crippen LogP contribution in [0.4, 0.5) is 0 Å². The average molecular weight is 292 g/mol. The fraction of sp³-hybridized carbons (Fsp3) is 0.467. The molecule has 1 aromatic carbocycles. The minimum Gasteiger partial charge on any atom is -0.375 e. The number of benzene rings is 1. The normalized spacial score (nSPS) is 16.5. The Labute approximate surface area is 126 Å². The summed E-state index contributed by atoms with van der Waals surface area (Å²) < 4.78 is 0. The first kappa shape index (κ1) is 14.4. The molecule has 0 aromatic heterocycles. The molecule has 0 radical (unpaired) electrons. The molecule has 102 valence electrons. The van der Waals surface area contributed by atoms with Crippen LogP contribution >= 0.6 is 24.4 Å². The van der Waals surface area contributed by atoms with Crippen molar-refractivity contribution in [1.82, 2.24) is 10.2 Å². The van der Waals surface area contributed by atoms with Crippen LogP contribution in [-0.2, 0) is 6.42 Å². The lowest BCUT2D eigenvalue weighted by Crippen LogP contribution is -2.40. The molecule has 1 atom stereocenters. The van der Waals surface area contributed by atoms with Gasteiger partial charge in [0.2, 0.25) is 0 Å². The molecule has 0 aliphatic carbocycles. The topological polar surface area (TPSA) is 15.3 Å². The number of hydrogen-bond acceptors (Lipinski definition) is 2. The molecule has 1 heterocycles. The van der Waals surface area contributed by atoms with Gasteiger partial charge in [-0.05, 0) is 31.7 Å². The summed E-state index contributed by atoms with van der Waals surface area (Å²) in [5.74, 6) is 0. The second kappa shape index (κ2) is 6.96. The highest BCUT2D eigenvalue weighted by Crippen LogP contribution is 2.11. The van der Waals surface area contributed by atoms with Crippen molar-refractivity contribution in [2.75, 3.05) is 13.1 Å². The summed E-state index contributed by atoms with van der Waals surface area (Å²) in [7, 11) is 0. The summed E-state index contributed by atoms with van der Waals surface area (Å²) >= 11 is 10.7. The van der Waals surface area contributed by atoms with Gasteiger partial charge in [0, 0.05) is 12.6 Å². The van der Waals surface area contributed by atoms with Crippen molar-refractivity contribution in [3.05, 3.63) is 35.9 Å². The van der Waals surface area contributed by atoms with Crippen LogP contribution in [0.2, 0.25) is 0 Å². The fourth-order valence-electron chi connectivity index (χ4n) is 2.38. The first-order valence-corrected chi connectivity index (χ1v) is 7.58. The summed E-state index contributed by atoms with van der Waals surface area (Å²) in [4.78, 5) is 4.16. The Morgan fingerprint density at radius 1 is 1.37 bits per heavy atom. The van der Waals surface area contributed by atoms with Crippen molar-refractivity contribution in [3.63, 3.8) is 0 Å². The summed E-state index contributed by atoms with van der Waals surface area (Å²) in [5, 5.41) is 3.41. The molecule has 1 aliphatic heterocycles. The highest BCUT2D eigenvalue weighted by Gasteiger charge is 2.18. The molecular weight excluding hydrogens is 272 g/mol. The Morgan fingerprint density at radius 3 is 2.74 bits per heavy atom. The zero-order valence-corrected chi connectivity index (χ0v) is 12.9.